The lowest BCUT2D eigenvalue weighted by atomic mass is 9.94. The zero-order valence-corrected chi connectivity index (χ0v) is 53.0. The smallest absolute Gasteiger partial charge is 0.333 e. The molecule has 20 nitrogen and oxygen atoms in total. The Hall–Kier alpha value is -8.45. The first-order valence-electron chi connectivity index (χ1n) is 27.7. The summed E-state index contributed by atoms with van der Waals surface area (Å²) in [5, 5.41) is 15.6. The molecule has 6 N–H and O–H groups in total. The predicted octanol–water partition coefficient (Wildman–Crippen LogP) is 12.1. The molecule has 0 saturated heterocycles. The fourth-order valence-corrected chi connectivity index (χ4v) is 10.4. The largest absolute Gasteiger partial charge is 0.398 e. The summed E-state index contributed by atoms with van der Waals surface area (Å²) in [6, 6.07) is 21.0. The van der Waals surface area contributed by atoms with Crippen LogP contribution in [0.2, 0.25) is 0 Å². The number of aromatic nitrogens is 7. The van der Waals surface area contributed by atoms with Gasteiger partial charge in [0.15, 0.2) is 10.1 Å². The van der Waals surface area contributed by atoms with Crippen LogP contribution in [0, 0.1) is 17.5 Å². The Labute approximate surface area is 508 Å². The van der Waals surface area contributed by atoms with E-state index in [1.54, 1.807) is 76.9 Å². The summed E-state index contributed by atoms with van der Waals surface area (Å²) in [6.07, 6.45) is 11.3. The first-order chi connectivity index (χ1) is 40.8. The summed E-state index contributed by atoms with van der Waals surface area (Å²) in [6.45, 7) is 20.3. The Morgan fingerprint density at radius 3 is 1.41 bits per heavy atom. The Balaban J connectivity index is 0.000000226. The van der Waals surface area contributed by atoms with Gasteiger partial charge in [-0.1, -0.05) is 59.7 Å². The van der Waals surface area contributed by atoms with Crippen molar-refractivity contribution in [2.75, 3.05) is 39.2 Å². The van der Waals surface area contributed by atoms with Crippen LogP contribution in [0.1, 0.15) is 127 Å². The van der Waals surface area contributed by atoms with E-state index in [0.29, 0.717) is 69.2 Å². The molecule has 0 atom stereocenters. The number of sulfonamides is 2. The van der Waals surface area contributed by atoms with Crippen LogP contribution in [0.3, 0.4) is 0 Å². The highest BCUT2D eigenvalue weighted by atomic mass is 32.2. The Kier molecular flexibility index (Phi) is 24.5. The summed E-state index contributed by atoms with van der Waals surface area (Å²) in [5.74, 6) is -0.990. The van der Waals surface area contributed by atoms with Crippen LogP contribution in [0.25, 0.3) is 33.4 Å². The number of nitrogen functional groups attached to an aromatic ring is 1. The maximum atomic E-state index is 14.4. The molecule has 0 bridgehead atoms. The lowest BCUT2D eigenvalue weighted by Crippen LogP contribution is -2.35. The number of benzene rings is 3. The number of nitrogens with zero attached hydrogens (tertiary/aromatic N) is 10. The van der Waals surface area contributed by atoms with Crippen molar-refractivity contribution in [3.63, 3.8) is 0 Å². The van der Waals surface area contributed by atoms with E-state index in [0.717, 1.165) is 22.4 Å². The number of hydrogen-bond donors (Lipinski definition) is 4. The minimum atomic E-state index is -4.27. The molecule has 0 spiro atoms. The molecule has 0 aliphatic carbocycles. The molecule has 464 valence electrons. The number of amides is 2. The van der Waals surface area contributed by atoms with Crippen molar-refractivity contribution < 1.29 is 39.6 Å². The third-order valence-electron chi connectivity index (χ3n) is 12.9. The molecule has 3 aromatic carbocycles. The monoisotopic (exact) mass is 1230 g/mol. The second-order valence-electron chi connectivity index (χ2n) is 22.3. The molecule has 8 rings (SSSR count). The van der Waals surface area contributed by atoms with E-state index in [-0.39, 0.29) is 51.5 Å². The highest BCUT2D eigenvalue weighted by Gasteiger charge is 2.26. The van der Waals surface area contributed by atoms with Crippen molar-refractivity contribution in [1.82, 2.24) is 49.0 Å². The molecule has 2 amide bonds. The van der Waals surface area contributed by atoms with Gasteiger partial charge in [0.1, 0.15) is 17.5 Å². The van der Waals surface area contributed by atoms with Gasteiger partial charge in [-0.15, -0.1) is 0 Å². The second kappa shape index (κ2) is 30.8. The molecular weight excluding hydrogens is 1160 g/mol. The zero-order chi connectivity index (χ0) is 64.7. The summed E-state index contributed by atoms with van der Waals surface area (Å²) < 4.78 is 95.5. The highest BCUT2D eigenvalue weighted by molar-refractivity contribution is 7.90. The van der Waals surface area contributed by atoms with Gasteiger partial charge in [0.25, 0.3) is 20.0 Å². The number of nitrogens with two attached hydrogens (primary N) is 2. The molecule has 0 radical (unpaired) electrons. The number of isocyanates is 1. The summed E-state index contributed by atoms with van der Waals surface area (Å²) in [7, 11) is -0.436. The molecule has 5 aromatic heterocycles. The fraction of sp³-hybridized carbons (Fsp3) is 0.339. The van der Waals surface area contributed by atoms with Gasteiger partial charge in [-0.05, 0) is 145 Å². The van der Waals surface area contributed by atoms with Crippen LogP contribution in [-0.2, 0) is 37.9 Å². The van der Waals surface area contributed by atoms with Crippen molar-refractivity contribution in [2.45, 2.75) is 122 Å². The first kappa shape index (κ1) is 69.3. The summed E-state index contributed by atoms with van der Waals surface area (Å²) in [4.78, 5) is 43.2. The van der Waals surface area contributed by atoms with Crippen molar-refractivity contribution in [1.29, 1.82) is 0 Å². The van der Waals surface area contributed by atoms with Crippen LogP contribution in [0.5, 0.6) is 0 Å². The topological polar surface area (TPSA) is 272 Å². The minimum absolute atomic E-state index is 0.0539. The number of urea groups is 1. The van der Waals surface area contributed by atoms with Gasteiger partial charge < -0.3 is 20.9 Å². The number of halogens is 3. The minimum Gasteiger partial charge on any atom is -0.398 e. The average molecular weight is 1240 g/mol. The number of pyridine rings is 3. The van der Waals surface area contributed by atoms with Gasteiger partial charge in [-0.25, -0.2) is 41.0 Å². The zero-order valence-electron chi connectivity index (χ0n) is 51.4. The van der Waals surface area contributed by atoms with E-state index in [1.807, 2.05) is 124 Å². The Morgan fingerprint density at radius 1 is 0.598 bits per heavy atom. The molecular formula is C62H77F3N14O6S2. The first-order valence-corrected chi connectivity index (χ1v) is 30.7. The summed E-state index contributed by atoms with van der Waals surface area (Å²) in [5.41, 5.74) is 14.9. The van der Waals surface area contributed by atoms with E-state index in [1.165, 1.54) is 48.5 Å². The maximum absolute atomic E-state index is 14.4. The molecule has 0 fully saturated rings. The van der Waals surface area contributed by atoms with Gasteiger partial charge in [0.2, 0.25) is 6.08 Å². The average Bonchev–Trinajstić information content (AvgIpc) is 2.84. The third kappa shape index (κ3) is 19.3. The van der Waals surface area contributed by atoms with Gasteiger partial charge in [0, 0.05) is 114 Å². The third-order valence-corrected chi connectivity index (χ3v) is 14.9. The van der Waals surface area contributed by atoms with Crippen molar-refractivity contribution >= 4 is 49.2 Å². The molecule has 0 saturated carbocycles. The number of carbonyl (C=O) groups excluding carboxylic acids is 2. The molecule has 25 heteroatoms. The SMILES string of the molecule is CC(C)c1cc(F)cc(-c2cccnc2)c1N.CC(C)c1cc(F)cc(-c2cccnc2)c1N=C=O.CC(C)c1cc(F)cc(-c2cccnc2)c1NC(=O)NS(=O)(=O)c1cc(CN(C)C)n(C(C)C)n1.CC(C)n1nc(S(N)(=O)=O)cc1CN(C)C. The number of aliphatic imine (C=N–C) groups is 1. The quantitative estimate of drug-likeness (QED) is 0.0375. The van der Waals surface area contributed by atoms with E-state index < -0.39 is 31.9 Å². The Bertz CT molecular complexity index is 3890. The molecule has 8 aromatic rings. The number of nitrogens with one attached hydrogen (secondary N) is 2. The van der Waals surface area contributed by atoms with Crippen LogP contribution in [-0.4, -0.2) is 101 Å². The van der Waals surface area contributed by atoms with Crippen molar-refractivity contribution in [3.05, 3.63) is 168 Å². The van der Waals surface area contributed by atoms with Crippen LogP contribution < -0.4 is 20.9 Å². The molecule has 0 aliphatic heterocycles. The highest BCUT2D eigenvalue weighted by Crippen LogP contribution is 2.39. The van der Waals surface area contributed by atoms with Gasteiger partial charge in [-0.2, -0.15) is 23.6 Å². The number of anilines is 2. The van der Waals surface area contributed by atoms with E-state index in [9.17, 15) is 39.6 Å². The van der Waals surface area contributed by atoms with E-state index >= 15 is 0 Å². The lowest BCUT2D eigenvalue weighted by Gasteiger charge is -2.19. The van der Waals surface area contributed by atoms with Crippen LogP contribution in [0.15, 0.2) is 137 Å². The fourth-order valence-electron chi connectivity index (χ4n) is 9.00. The van der Waals surface area contributed by atoms with Gasteiger partial charge >= 0.3 is 6.03 Å². The molecule has 0 aliphatic rings. The standard InChI is InChI=1S/C24H31FN6O3S.C15H13FN2O.C14H15FN2.C9H18N4O2S/c1-15(2)20-10-18(25)11-21(17-8-7-9-26-13-17)23(20)27-24(32)29-35(33,34)22-12-19(14-30(5)6)31(28-22)16(3)4;1-10(2)13-6-12(16)7-14(15(13)18-9-19)11-4-3-5-17-8-11;1-9(2)12-6-11(15)7-13(14(12)16)10-4-3-5-17-8-10;1-7(2)13-8(6-12(3)4)5-9(11-13)16(10,14)15/h7-13,15-16H,14H2,1-6H3,(H2,27,29,32);3-8,10H,1-2H3;3-9H,16H2,1-2H3;5,7H,6H2,1-4H3,(H2,10,14,15). The van der Waals surface area contributed by atoms with Crippen LogP contribution >= 0.6 is 0 Å². The van der Waals surface area contributed by atoms with E-state index in [2.05, 4.69) is 35.5 Å². The van der Waals surface area contributed by atoms with Crippen molar-refractivity contribution in [2.24, 2.45) is 10.1 Å². The molecule has 0 unspecified atom stereocenters. The normalized spacial score (nSPS) is 11.5. The maximum Gasteiger partial charge on any atom is 0.333 e. The van der Waals surface area contributed by atoms with Gasteiger partial charge in [-0.3, -0.25) is 24.3 Å². The lowest BCUT2D eigenvalue weighted by molar-refractivity contribution is 0.256. The van der Waals surface area contributed by atoms with Crippen molar-refractivity contribution in [3.8, 4) is 33.4 Å². The second-order valence-corrected chi connectivity index (χ2v) is 25.4. The Morgan fingerprint density at radius 2 is 1.00 bits per heavy atom. The number of carbonyl (C=O) groups is 1. The number of hydrogen-bond acceptors (Lipinski definition) is 15. The van der Waals surface area contributed by atoms with Gasteiger partial charge in [0.05, 0.1) is 22.8 Å². The number of primary sulfonamides is 1. The molecule has 87 heavy (non-hydrogen) atoms. The number of rotatable bonds is 17. The van der Waals surface area contributed by atoms with E-state index in [4.69, 9.17) is 10.9 Å². The summed E-state index contributed by atoms with van der Waals surface area (Å²) >= 11 is 0. The van der Waals surface area contributed by atoms with Crippen LogP contribution in [0.4, 0.5) is 35.0 Å². The molecule has 5 heterocycles. The predicted molar refractivity (Wildman–Crippen MR) is 334 cm³/mol.